The van der Waals surface area contributed by atoms with Crippen molar-refractivity contribution < 1.29 is 23.4 Å². The normalized spacial score (nSPS) is 34.2. The zero-order chi connectivity index (χ0) is 24.9. The molecule has 0 radical (unpaired) electrons. The topological polar surface area (TPSA) is 54.0 Å². The van der Waals surface area contributed by atoms with Crippen LogP contribution in [0.25, 0.3) is 0 Å². The van der Waals surface area contributed by atoms with E-state index in [1.807, 2.05) is 13.0 Å². The van der Waals surface area contributed by atoms with Gasteiger partial charge in [0.05, 0.1) is 6.61 Å². The number of ether oxygens (including phenoxy) is 3. The highest BCUT2D eigenvalue weighted by molar-refractivity contribution is 6.74. The average molecular weight is 479 g/mol. The molecule has 3 aliphatic rings. The Kier molecular flexibility index (Phi) is 7.09. The summed E-state index contributed by atoms with van der Waals surface area (Å²) < 4.78 is 24.3. The molecule has 6 heteroatoms. The van der Waals surface area contributed by atoms with Gasteiger partial charge in [-0.05, 0) is 85.2 Å². The van der Waals surface area contributed by atoms with Crippen molar-refractivity contribution in [2.75, 3.05) is 13.7 Å². The van der Waals surface area contributed by atoms with Crippen LogP contribution in [0.2, 0.25) is 18.1 Å². The Morgan fingerprint density at radius 1 is 1.21 bits per heavy atom. The first-order valence-electron chi connectivity index (χ1n) is 12.6. The lowest BCUT2D eigenvalue weighted by atomic mass is 9.47. The van der Waals surface area contributed by atoms with E-state index in [1.165, 1.54) is 18.4 Å². The second kappa shape index (κ2) is 8.83. The number of carbonyl (C=O) groups is 1. The highest BCUT2D eigenvalue weighted by Gasteiger charge is 2.60. The highest BCUT2D eigenvalue weighted by Crippen LogP contribution is 2.64. The third-order valence-electron chi connectivity index (χ3n) is 8.98. The van der Waals surface area contributed by atoms with Crippen molar-refractivity contribution in [1.29, 1.82) is 0 Å². The molecule has 0 N–H and O–H groups in total. The van der Waals surface area contributed by atoms with Crippen LogP contribution in [0, 0.1) is 16.7 Å². The molecule has 3 rings (SSSR count). The first kappa shape index (κ1) is 26.5. The van der Waals surface area contributed by atoms with E-state index in [4.69, 9.17) is 18.6 Å². The molecule has 0 unspecified atom stereocenters. The van der Waals surface area contributed by atoms with Gasteiger partial charge in [-0.1, -0.05) is 48.0 Å². The molecule has 2 fully saturated rings. The van der Waals surface area contributed by atoms with Crippen molar-refractivity contribution in [1.82, 2.24) is 0 Å². The third-order valence-corrected chi connectivity index (χ3v) is 13.3. The van der Waals surface area contributed by atoms with Crippen molar-refractivity contribution >= 4 is 14.3 Å². The Balaban J connectivity index is 2.10. The lowest BCUT2D eigenvalue weighted by Crippen LogP contribution is -2.53. The predicted octanol–water partition coefficient (Wildman–Crippen LogP) is 6.75. The van der Waals surface area contributed by atoms with E-state index in [9.17, 15) is 4.79 Å². The molecule has 1 heterocycles. The molecule has 0 aromatic rings. The van der Waals surface area contributed by atoms with Crippen molar-refractivity contribution in [3.8, 4) is 0 Å². The van der Waals surface area contributed by atoms with Crippen LogP contribution in [0.15, 0.2) is 23.5 Å². The molecular weight excluding hydrogens is 432 g/mol. The molecular formula is C27H46O5Si. The van der Waals surface area contributed by atoms with Gasteiger partial charge >= 0.3 is 5.97 Å². The summed E-state index contributed by atoms with van der Waals surface area (Å²) in [5, 5.41) is -0.0441. The number of methoxy groups -OCH3 is 1. The fourth-order valence-electron chi connectivity index (χ4n) is 6.23. The van der Waals surface area contributed by atoms with Gasteiger partial charge in [0, 0.05) is 7.11 Å². The van der Waals surface area contributed by atoms with Crippen molar-refractivity contribution in [2.24, 2.45) is 16.7 Å². The number of rotatable bonds is 6. The van der Waals surface area contributed by atoms with E-state index in [1.54, 1.807) is 7.11 Å². The van der Waals surface area contributed by atoms with E-state index in [-0.39, 0.29) is 15.9 Å². The van der Waals surface area contributed by atoms with Crippen molar-refractivity contribution in [2.45, 2.75) is 111 Å². The van der Waals surface area contributed by atoms with Crippen molar-refractivity contribution in [3.05, 3.63) is 23.5 Å². The number of esters is 1. The Bertz CT molecular complexity index is 821. The molecule has 1 aliphatic heterocycles. The van der Waals surface area contributed by atoms with Crippen LogP contribution in [-0.4, -0.2) is 39.9 Å². The second-order valence-electron chi connectivity index (χ2n) is 12.6. The fourth-order valence-corrected chi connectivity index (χ4v) is 7.23. The van der Waals surface area contributed by atoms with E-state index in [2.05, 4.69) is 60.7 Å². The van der Waals surface area contributed by atoms with Gasteiger partial charge in [-0.15, -0.1) is 0 Å². The average Bonchev–Trinajstić information content (AvgIpc) is 3.06. The number of carbonyl (C=O) groups excluding carboxylic acids is 1. The summed E-state index contributed by atoms with van der Waals surface area (Å²) in [5.74, 6) is 0.457. The smallest absolute Gasteiger partial charge is 0.371 e. The van der Waals surface area contributed by atoms with Gasteiger partial charge in [-0.25, -0.2) is 4.79 Å². The molecule has 0 spiro atoms. The molecule has 0 bridgehead atoms. The minimum atomic E-state index is -2.27. The summed E-state index contributed by atoms with van der Waals surface area (Å²) in [6.07, 6.45) is 9.11. The van der Waals surface area contributed by atoms with Crippen LogP contribution in [0.1, 0.15) is 80.6 Å². The molecule has 2 aliphatic carbocycles. The summed E-state index contributed by atoms with van der Waals surface area (Å²) in [7, 11) is -0.588. The maximum Gasteiger partial charge on any atom is 0.371 e. The molecule has 188 valence electrons. The van der Waals surface area contributed by atoms with Gasteiger partial charge in [0.1, 0.15) is 5.60 Å². The quantitative estimate of drug-likeness (QED) is 0.139. The summed E-state index contributed by atoms with van der Waals surface area (Å²) in [6.45, 7) is 20.2. The summed E-state index contributed by atoms with van der Waals surface area (Å²) in [4.78, 5) is 13.1. The van der Waals surface area contributed by atoms with Crippen LogP contribution in [0.3, 0.4) is 0 Å². The second-order valence-corrected chi connectivity index (χ2v) is 17.4. The third kappa shape index (κ3) is 4.72. The molecule has 0 aromatic carbocycles. The first-order chi connectivity index (χ1) is 15.1. The highest BCUT2D eigenvalue weighted by atomic mass is 28.4. The molecule has 0 saturated heterocycles. The van der Waals surface area contributed by atoms with Gasteiger partial charge in [-0.2, -0.15) is 0 Å². The van der Waals surface area contributed by atoms with Gasteiger partial charge in [0.25, 0.3) is 8.32 Å². The van der Waals surface area contributed by atoms with Crippen LogP contribution < -0.4 is 0 Å². The predicted molar refractivity (Wildman–Crippen MR) is 134 cm³/mol. The van der Waals surface area contributed by atoms with Gasteiger partial charge in [0.15, 0.2) is 12.0 Å². The minimum Gasteiger partial charge on any atom is -0.539 e. The van der Waals surface area contributed by atoms with E-state index in [0.717, 1.165) is 19.3 Å². The Labute approximate surface area is 202 Å². The lowest BCUT2D eigenvalue weighted by Gasteiger charge is -2.58. The van der Waals surface area contributed by atoms with Crippen LogP contribution in [0.5, 0.6) is 0 Å². The van der Waals surface area contributed by atoms with Crippen LogP contribution in [0.4, 0.5) is 0 Å². The largest absolute Gasteiger partial charge is 0.539 e. The van der Waals surface area contributed by atoms with Gasteiger partial charge in [0.2, 0.25) is 0 Å². The number of fused-ring (bicyclic) bond motifs is 3. The van der Waals surface area contributed by atoms with Gasteiger partial charge in [-0.3, -0.25) is 0 Å². The zero-order valence-electron chi connectivity index (χ0n) is 22.6. The van der Waals surface area contributed by atoms with E-state index >= 15 is 0 Å². The van der Waals surface area contributed by atoms with Crippen LogP contribution >= 0.6 is 0 Å². The Morgan fingerprint density at radius 2 is 1.88 bits per heavy atom. The molecule has 0 aromatic heterocycles. The number of hydrogen-bond acceptors (Lipinski definition) is 5. The molecule has 4 atom stereocenters. The van der Waals surface area contributed by atoms with Gasteiger partial charge < -0.3 is 18.6 Å². The van der Waals surface area contributed by atoms with E-state index < -0.39 is 26.2 Å². The lowest BCUT2D eigenvalue weighted by molar-refractivity contribution is -0.151. The number of hydrogen-bond donors (Lipinski definition) is 0. The minimum absolute atomic E-state index is 0.000520. The first-order valence-corrected chi connectivity index (χ1v) is 15.5. The Hall–Kier alpha value is -1.11. The maximum atomic E-state index is 13.1. The van der Waals surface area contributed by atoms with Crippen LogP contribution in [-0.2, 0) is 23.4 Å². The van der Waals surface area contributed by atoms with Crippen molar-refractivity contribution in [3.63, 3.8) is 0 Å². The summed E-state index contributed by atoms with van der Waals surface area (Å²) in [5.41, 5.74) is 0.826. The monoisotopic (exact) mass is 478 g/mol. The maximum absolute atomic E-state index is 13.1. The molecule has 33 heavy (non-hydrogen) atoms. The molecule has 2 saturated carbocycles. The standard InChI is InChI=1S/C27H46O5Si/c1-11-30-23(28)19(32-33(9,10)24(2,3)4)18-27-16-13-20-25(5,6)14-12-15-26(20,7)21(27)17-22(29-8)31-27/h17-18,20,22H,11-16H2,1-10H3/b19-18+/t20-,22+,26-,27-/m0/s1. The molecule has 0 amide bonds. The van der Waals surface area contributed by atoms with E-state index in [0.29, 0.717) is 18.3 Å². The summed E-state index contributed by atoms with van der Waals surface area (Å²) in [6, 6.07) is 0. The molecule has 5 nitrogen and oxygen atoms in total. The zero-order valence-corrected chi connectivity index (χ0v) is 23.6. The SMILES string of the molecule is CCOC(=O)/C(=C\[C@@]12CC[C@H]3C(C)(C)CCC[C@]3(C)C1=C[C@H](OC)O2)O[Si](C)(C)C(C)(C)C. The summed E-state index contributed by atoms with van der Waals surface area (Å²) >= 11 is 0. The fraction of sp³-hybridized carbons (Fsp3) is 0.815. The Morgan fingerprint density at radius 3 is 2.45 bits per heavy atom.